The third-order valence-electron chi connectivity index (χ3n) is 0.176. The molecule has 0 aromatic carbocycles. The summed E-state index contributed by atoms with van der Waals surface area (Å²) >= 11 is 5.09. The van der Waals surface area contributed by atoms with Crippen LogP contribution < -0.4 is 0 Å². The fourth-order valence-corrected chi connectivity index (χ4v) is 0.311. The highest BCUT2D eigenvalue weighted by Crippen LogP contribution is 1.89. The Hall–Kier alpha value is 0.390. The number of halogens is 1. The van der Waals surface area contributed by atoms with Crippen molar-refractivity contribution in [2.24, 2.45) is 0 Å². The van der Waals surface area contributed by atoms with Gasteiger partial charge in [-0.3, -0.25) is 4.57 Å². The van der Waals surface area contributed by atoms with E-state index in [-0.39, 0.29) is 8.46 Å². The molecule has 30 valence electrons. The lowest BCUT2D eigenvalue weighted by Crippen LogP contribution is -1.65. The molecule has 1 nitrogen and oxygen atoms in total. The summed E-state index contributed by atoms with van der Waals surface area (Å²) in [5, 5.41) is 0. The van der Waals surface area contributed by atoms with Crippen LogP contribution in [0.3, 0.4) is 0 Å². The minimum atomic E-state index is 0.148. The maximum Gasteiger partial charge on any atom is 0.156 e. The lowest BCUT2D eigenvalue weighted by atomic mass is 11.0. The van der Waals surface area contributed by atoms with Gasteiger partial charge in [-0.15, -0.1) is 11.6 Å². The largest absolute Gasteiger partial charge is 0.275 e. The van der Waals surface area contributed by atoms with E-state index in [0.29, 0.717) is 12.0 Å². The summed E-state index contributed by atoms with van der Waals surface area (Å²) in [7, 11) is 0.148. The molecule has 0 rings (SSSR count). The average Bonchev–Trinajstić information content (AvgIpc) is 1.41. The van der Waals surface area contributed by atoms with Crippen LogP contribution in [0.1, 0.15) is 0 Å². The molecule has 3 heteroatoms. The quantitative estimate of drug-likeness (QED) is 0.389. The summed E-state index contributed by atoms with van der Waals surface area (Å²) in [6, 6.07) is 0. The molecule has 0 radical (unpaired) electrons. The smallest absolute Gasteiger partial charge is 0.156 e. The van der Waals surface area contributed by atoms with Gasteiger partial charge < -0.3 is 0 Å². The highest BCUT2D eigenvalue weighted by atomic mass is 35.5. The Labute approximate surface area is 37.5 Å². The maximum absolute atomic E-state index is 9.42. The predicted molar refractivity (Wildman–Crippen MR) is 23.2 cm³/mol. The molecule has 0 fully saturated rings. The Morgan fingerprint density at radius 3 is 2.40 bits per heavy atom. The van der Waals surface area contributed by atoms with Crippen LogP contribution in [-0.4, -0.2) is 12.0 Å². The van der Waals surface area contributed by atoms with Crippen LogP contribution in [0.5, 0.6) is 0 Å². The van der Waals surface area contributed by atoms with Gasteiger partial charge in [-0.1, -0.05) is 0 Å². The Kier molecular flexibility index (Phi) is 4.73. The van der Waals surface area contributed by atoms with Gasteiger partial charge in [0.1, 0.15) is 0 Å². The summed E-state index contributed by atoms with van der Waals surface area (Å²) in [5.41, 5.74) is 0. The van der Waals surface area contributed by atoms with Crippen LogP contribution in [0.15, 0.2) is 0 Å². The summed E-state index contributed by atoms with van der Waals surface area (Å²) in [4.78, 5) is 0. The van der Waals surface area contributed by atoms with E-state index in [4.69, 9.17) is 11.6 Å². The maximum atomic E-state index is 9.42. The molecular weight excluding hydrogens is 106 g/mol. The van der Waals surface area contributed by atoms with E-state index in [1.54, 1.807) is 0 Å². The number of alkyl halides is 1. The van der Waals surface area contributed by atoms with Crippen molar-refractivity contribution < 1.29 is 4.57 Å². The summed E-state index contributed by atoms with van der Waals surface area (Å²) in [5.74, 6) is 0.491. The van der Waals surface area contributed by atoms with Crippen molar-refractivity contribution >= 4 is 20.1 Å². The normalized spacial score (nSPS) is 9.00. The van der Waals surface area contributed by atoms with Gasteiger partial charge in [0.2, 0.25) is 0 Å². The first-order valence-electron chi connectivity index (χ1n) is 1.27. The lowest BCUT2D eigenvalue weighted by molar-refractivity contribution is 0.599. The number of hydrogen-bond donors (Lipinski definition) is 0. The molecule has 0 amide bonds. The van der Waals surface area contributed by atoms with Crippen molar-refractivity contribution in [3.63, 3.8) is 0 Å². The highest BCUT2D eigenvalue weighted by Gasteiger charge is 1.71. The van der Waals surface area contributed by atoms with Crippen LogP contribution in [0.25, 0.3) is 0 Å². The van der Waals surface area contributed by atoms with Crippen LogP contribution in [-0.2, 0) is 4.57 Å². The minimum Gasteiger partial charge on any atom is -0.275 e. The molecule has 0 aliphatic carbocycles. The van der Waals surface area contributed by atoms with Crippen LogP contribution in [0.4, 0.5) is 0 Å². The Balaban J connectivity index is 2.40. The van der Waals surface area contributed by atoms with Crippen molar-refractivity contribution in [1.29, 1.82) is 0 Å². The van der Waals surface area contributed by atoms with Crippen molar-refractivity contribution in [3.05, 3.63) is 0 Å². The molecule has 0 aromatic heterocycles. The molecule has 0 spiro atoms. The van der Waals surface area contributed by atoms with Crippen LogP contribution in [0, 0.1) is 0 Å². The van der Waals surface area contributed by atoms with E-state index in [1.807, 2.05) is 0 Å². The average molecular weight is 110 g/mol. The molecule has 5 heavy (non-hydrogen) atoms. The highest BCUT2D eigenvalue weighted by molar-refractivity contribution is 7.23. The van der Waals surface area contributed by atoms with Gasteiger partial charge >= 0.3 is 0 Å². The van der Waals surface area contributed by atoms with E-state index in [9.17, 15) is 4.57 Å². The Morgan fingerprint density at radius 2 is 2.40 bits per heavy atom. The summed E-state index contributed by atoms with van der Waals surface area (Å²) in [6.45, 7) is 0. The zero-order valence-corrected chi connectivity index (χ0v) is 4.30. The summed E-state index contributed by atoms with van der Waals surface area (Å²) in [6.07, 6.45) is 0.571. The van der Waals surface area contributed by atoms with Crippen LogP contribution >= 0.6 is 20.1 Å². The molecule has 0 unspecified atom stereocenters. The third kappa shape index (κ3) is 4.39. The van der Waals surface area contributed by atoms with Crippen molar-refractivity contribution in [2.45, 2.75) is 0 Å². The molecule has 0 heterocycles. The van der Waals surface area contributed by atoms with E-state index < -0.39 is 0 Å². The van der Waals surface area contributed by atoms with Gasteiger partial charge in [-0.05, 0) is 0 Å². The van der Waals surface area contributed by atoms with Gasteiger partial charge in [-0.2, -0.15) is 0 Å². The second-order valence-electron chi connectivity index (χ2n) is 0.542. The predicted octanol–water partition coefficient (Wildman–Crippen LogP) is 1.52. The zero-order chi connectivity index (χ0) is 4.12. The molecule has 0 saturated carbocycles. The molecule has 0 aromatic rings. The first kappa shape index (κ1) is 5.39. The fraction of sp³-hybridized carbons (Fsp3) is 1.00. The van der Waals surface area contributed by atoms with Gasteiger partial charge in [0, 0.05) is 12.0 Å². The molecule has 0 bridgehead atoms. The molecule has 0 aliphatic heterocycles. The van der Waals surface area contributed by atoms with Gasteiger partial charge in [0.25, 0.3) is 0 Å². The number of hydrogen-bond acceptors (Lipinski definition) is 1. The van der Waals surface area contributed by atoms with Gasteiger partial charge in [0.05, 0.1) is 0 Å². The monoisotopic (exact) mass is 110 g/mol. The Morgan fingerprint density at radius 1 is 1.80 bits per heavy atom. The van der Waals surface area contributed by atoms with Gasteiger partial charge in [-0.25, -0.2) is 0 Å². The zero-order valence-electron chi connectivity index (χ0n) is 2.65. The van der Waals surface area contributed by atoms with E-state index >= 15 is 0 Å². The molecule has 0 aliphatic rings. The van der Waals surface area contributed by atoms with E-state index in [2.05, 4.69) is 0 Å². The fourth-order valence-electron chi connectivity index (χ4n) is 0.0345. The van der Waals surface area contributed by atoms with Crippen molar-refractivity contribution in [3.8, 4) is 0 Å². The van der Waals surface area contributed by atoms with E-state index in [0.717, 1.165) is 0 Å². The Bertz CT molecular complexity index is 30.8. The summed E-state index contributed by atoms with van der Waals surface area (Å²) < 4.78 is 9.42. The SMILES string of the molecule is O=PCCCl. The molecular formula is C2H4ClOP. The molecule has 0 N–H and O–H groups in total. The minimum absolute atomic E-state index is 0.148. The van der Waals surface area contributed by atoms with Crippen molar-refractivity contribution in [1.82, 2.24) is 0 Å². The van der Waals surface area contributed by atoms with Crippen molar-refractivity contribution in [2.75, 3.05) is 12.0 Å². The topological polar surface area (TPSA) is 17.1 Å². The van der Waals surface area contributed by atoms with E-state index in [1.165, 1.54) is 0 Å². The standard InChI is InChI=1S/C2H4ClOP/c3-1-2-5-4/h1-2H2. The molecule has 0 saturated heterocycles. The first-order chi connectivity index (χ1) is 2.41. The third-order valence-corrected chi connectivity index (χ3v) is 1.03. The second-order valence-corrected chi connectivity index (χ2v) is 1.63. The lowest BCUT2D eigenvalue weighted by Gasteiger charge is -1.64. The van der Waals surface area contributed by atoms with Gasteiger partial charge in [0.15, 0.2) is 8.46 Å². The first-order valence-corrected chi connectivity index (χ1v) is 2.80. The molecule has 0 atom stereocenters. The number of rotatable bonds is 2. The second kappa shape index (κ2) is 4.39. The van der Waals surface area contributed by atoms with Crippen LogP contribution in [0.2, 0.25) is 0 Å².